The van der Waals surface area contributed by atoms with Crippen LogP contribution in [0, 0.1) is 12.8 Å². The SMILES string of the molecule is COCOC1CCN(C(=O)N[C@@H](CC(C)C)C(=O)N[C@H](Cc2c[nH]c3ccccc23)c2nc(C(=O)O)c(C)[nH]2)CC1. The lowest BCUT2D eigenvalue weighted by atomic mass is 10.0. The van der Waals surface area contributed by atoms with Gasteiger partial charge in [0, 0.05) is 49.4 Å². The number of piperidine rings is 1. The van der Waals surface area contributed by atoms with Crippen LogP contribution in [-0.2, 0) is 20.7 Å². The Hall–Kier alpha value is -3.90. The van der Waals surface area contributed by atoms with Crippen LogP contribution in [-0.4, -0.2) is 82.0 Å². The van der Waals surface area contributed by atoms with Gasteiger partial charge < -0.3 is 40.1 Å². The van der Waals surface area contributed by atoms with Gasteiger partial charge in [-0.1, -0.05) is 32.0 Å². The number of aromatic carboxylic acids is 1. The molecule has 0 unspecified atom stereocenters. The van der Waals surface area contributed by atoms with Crippen molar-refractivity contribution in [3.8, 4) is 0 Å². The van der Waals surface area contributed by atoms with E-state index in [2.05, 4.69) is 25.6 Å². The lowest BCUT2D eigenvalue weighted by molar-refractivity contribution is -0.124. The van der Waals surface area contributed by atoms with Gasteiger partial charge in [-0.3, -0.25) is 4.79 Å². The number of para-hydroxylation sites is 1. The van der Waals surface area contributed by atoms with Gasteiger partial charge in [-0.25, -0.2) is 14.6 Å². The molecule has 4 rings (SSSR count). The number of rotatable bonds is 12. The highest BCUT2D eigenvalue weighted by molar-refractivity contribution is 5.88. The smallest absolute Gasteiger partial charge is 0.356 e. The van der Waals surface area contributed by atoms with Crippen LogP contribution in [0.2, 0.25) is 0 Å². The van der Waals surface area contributed by atoms with E-state index < -0.39 is 18.1 Å². The first-order valence-corrected chi connectivity index (χ1v) is 14.0. The van der Waals surface area contributed by atoms with Crippen LogP contribution in [0.5, 0.6) is 0 Å². The van der Waals surface area contributed by atoms with E-state index in [1.54, 1.807) is 18.9 Å². The molecule has 0 aliphatic carbocycles. The number of likely N-dealkylation sites (tertiary alicyclic amines) is 1. The quantitative estimate of drug-likeness (QED) is 0.209. The van der Waals surface area contributed by atoms with Crippen molar-refractivity contribution in [1.82, 2.24) is 30.5 Å². The molecule has 3 amide bonds. The third kappa shape index (κ3) is 7.65. The van der Waals surface area contributed by atoms with Crippen LogP contribution in [0.4, 0.5) is 4.79 Å². The molecule has 1 saturated heterocycles. The van der Waals surface area contributed by atoms with Crippen LogP contribution < -0.4 is 10.6 Å². The average molecular weight is 569 g/mol. The minimum absolute atomic E-state index is 0.0338. The highest BCUT2D eigenvalue weighted by Gasteiger charge is 2.30. The summed E-state index contributed by atoms with van der Waals surface area (Å²) in [6.07, 6.45) is 4.08. The Morgan fingerprint density at radius 1 is 1.17 bits per heavy atom. The molecule has 2 aromatic heterocycles. The molecule has 2 atom stereocenters. The first kappa shape index (κ1) is 30.1. The number of carbonyl (C=O) groups is 3. The van der Waals surface area contributed by atoms with E-state index in [4.69, 9.17) is 9.47 Å². The molecule has 5 N–H and O–H groups in total. The zero-order valence-corrected chi connectivity index (χ0v) is 24.0. The van der Waals surface area contributed by atoms with Gasteiger partial charge in [0.1, 0.15) is 18.7 Å². The number of ether oxygens (including phenoxy) is 2. The highest BCUT2D eigenvalue weighted by Crippen LogP contribution is 2.25. The number of aromatic nitrogens is 3. The lowest BCUT2D eigenvalue weighted by Gasteiger charge is -2.33. The third-order valence-corrected chi connectivity index (χ3v) is 7.32. The zero-order chi connectivity index (χ0) is 29.5. The van der Waals surface area contributed by atoms with E-state index in [0.717, 1.165) is 16.5 Å². The summed E-state index contributed by atoms with van der Waals surface area (Å²) in [6, 6.07) is 6.08. The number of benzene rings is 1. The largest absolute Gasteiger partial charge is 0.476 e. The topological polar surface area (TPSA) is 162 Å². The van der Waals surface area contributed by atoms with E-state index >= 15 is 0 Å². The summed E-state index contributed by atoms with van der Waals surface area (Å²) < 4.78 is 10.6. The molecule has 222 valence electrons. The number of aromatic amines is 2. The fraction of sp³-hybridized carbons (Fsp3) is 0.517. The molecule has 1 aliphatic rings. The van der Waals surface area contributed by atoms with Crippen molar-refractivity contribution in [3.63, 3.8) is 0 Å². The number of nitrogens with zero attached hydrogens (tertiary/aromatic N) is 2. The normalized spacial score (nSPS) is 15.7. The number of methoxy groups -OCH3 is 1. The van der Waals surface area contributed by atoms with Crippen LogP contribution >= 0.6 is 0 Å². The molecule has 1 aromatic carbocycles. The molecular formula is C29H40N6O6. The molecule has 3 aromatic rings. The number of H-pyrrole nitrogens is 2. The first-order valence-electron chi connectivity index (χ1n) is 14.0. The second-order valence-corrected chi connectivity index (χ2v) is 10.9. The summed E-state index contributed by atoms with van der Waals surface area (Å²) >= 11 is 0. The number of carbonyl (C=O) groups excluding carboxylic acids is 2. The van der Waals surface area contributed by atoms with Crippen molar-refractivity contribution in [1.29, 1.82) is 0 Å². The lowest BCUT2D eigenvalue weighted by Crippen LogP contribution is -2.54. The fourth-order valence-corrected chi connectivity index (χ4v) is 5.20. The predicted molar refractivity (Wildman–Crippen MR) is 153 cm³/mol. The van der Waals surface area contributed by atoms with Crippen molar-refractivity contribution in [2.24, 2.45) is 5.92 Å². The van der Waals surface area contributed by atoms with Gasteiger partial charge in [-0.05, 0) is 43.7 Å². The Labute approximate surface area is 239 Å². The number of fused-ring (bicyclic) bond motifs is 1. The molecule has 0 bridgehead atoms. The average Bonchev–Trinajstić information content (AvgIpc) is 3.54. The van der Waals surface area contributed by atoms with Gasteiger partial charge in [0.25, 0.3) is 0 Å². The van der Waals surface area contributed by atoms with Gasteiger partial charge in [-0.15, -0.1) is 0 Å². The highest BCUT2D eigenvalue weighted by atomic mass is 16.7. The van der Waals surface area contributed by atoms with E-state index in [1.807, 2.05) is 44.3 Å². The minimum Gasteiger partial charge on any atom is -0.476 e. The third-order valence-electron chi connectivity index (χ3n) is 7.32. The minimum atomic E-state index is -1.15. The molecular weight excluding hydrogens is 528 g/mol. The van der Waals surface area contributed by atoms with Crippen molar-refractivity contribution in [2.45, 2.75) is 64.6 Å². The Balaban J connectivity index is 1.52. The number of carboxylic acid groups (broad SMARTS) is 1. The summed E-state index contributed by atoms with van der Waals surface area (Å²) in [5.74, 6) is -1.04. The summed E-state index contributed by atoms with van der Waals surface area (Å²) in [4.78, 5) is 50.9. The number of carboxylic acids is 1. The molecule has 1 fully saturated rings. The standard InChI is InChI=1S/C29H40N6O6/c1-17(2)13-24(33-29(39)35-11-9-20(10-12-35)41-16-40-4)27(36)32-23(26-31-18(3)25(34-26)28(37)38)14-19-15-30-22-8-6-5-7-21(19)22/h5-8,15,17,20,23-24,30H,9-14,16H2,1-4H3,(H,31,34)(H,32,36)(H,33,39)(H,37,38)/t23-,24+/m1/s1. The van der Waals surface area contributed by atoms with Gasteiger partial charge in [0.15, 0.2) is 5.69 Å². The Bertz CT molecular complexity index is 1340. The Morgan fingerprint density at radius 3 is 2.56 bits per heavy atom. The summed E-state index contributed by atoms with van der Waals surface area (Å²) in [6.45, 7) is 6.87. The Morgan fingerprint density at radius 2 is 1.90 bits per heavy atom. The van der Waals surface area contributed by atoms with Crippen molar-refractivity contribution in [2.75, 3.05) is 27.0 Å². The summed E-state index contributed by atoms with van der Waals surface area (Å²) in [7, 11) is 1.58. The maximum absolute atomic E-state index is 13.7. The van der Waals surface area contributed by atoms with Crippen molar-refractivity contribution >= 4 is 28.8 Å². The second-order valence-electron chi connectivity index (χ2n) is 10.9. The number of imidazole rings is 1. The number of urea groups is 1. The zero-order valence-electron chi connectivity index (χ0n) is 24.0. The van der Waals surface area contributed by atoms with E-state index in [0.29, 0.717) is 50.3 Å². The summed E-state index contributed by atoms with van der Waals surface area (Å²) in [5.41, 5.74) is 2.20. The molecule has 41 heavy (non-hydrogen) atoms. The molecule has 12 heteroatoms. The maximum atomic E-state index is 13.7. The molecule has 0 saturated carbocycles. The number of nitrogens with one attached hydrogen (secondary N) is 4. The van der Waals surface area contributed by atoms with E-state index in [-0.39, 0.29) is 36.4 Å². The predicted octanol–water partition coefficient (Wildman–Crippen LogP) is 3.51. The number of amides is 3. The second kappa shape index (κ2) is 13.6. The monoisotopic (exact) mass is 568 g/mol. The Kier molecular flexibility index (Phi) is 10.0. The number of hydrogen-bond acceptors (Lipinski definition) is 6. The summed E-state index contributed by atoms with van der Waals surface area (Å²) in [5, 5.41) is 16.6. The fourth-order valence-electron chi connectivity index (χ4n) is 5.20. The molecule has 1 aliphatic heterocycles. The van der Waals surface area contributed by atoms with Gasteiger partial charge in [0.05, 0.1) is 12.1 Å². The van der Waals surface area contributed by atoms with Crippen LogP contribution in [0.1, 0.15) is 66.7 Å². The first-order chi connectivity index (χ1) is 19.7. The van der Waals surface area contributed by atoms with Crippen LogP contribution in [0.3, 0.4) is 0 Å². The number of aryl methyl sites for hydroxylation is 1. The van der Waals surface area contributed by atoms with Gasteiger partial charge >= 0.3 is 12.0 Å². The van der Waals surface area contributed by atoms with Crippen LogP contribution in [0.15, 0.2) is 30.5 Å². The van der Waals surface area contributed by atoms with E-state index in [1.165, 1.54) is 0 Å². The van der Waals surface area contributed by atoms with Crippen LogP contribution in [0.25, 0.3) is 10.9 Å². The maximum Gasteiger partial charge on any atom is 0.356 e. The van der Waals surface area contributed by atoms with Crippen molar-refractivity contribution < 1.29 is 29.0 Å². The molecule has 12 nitrogen and oxygen atoms in total. The number of hydrogen-bond donors (Lipinski definition) is 5. The van der Waals surface area contributed by atoms with Crippen molar-refractivity contribution in [3.05, 3.63) is 53.2 Å². The van der Waals surface area contributed by atoms with E-state index in [9.17, 15) is 19.5 Å². The molecule has 0 radical (unpaired) electrons. The van der Waals surface area contributed by atoms with Gasteiger partial charge in [-0.2, -0.15) is 0 Å². The molecule has 3 heterocycles. The molecule has 0 spiro atoms. The van der Waals surface area contributed by atoms with Gasteiger partial charge in [0.2, 0.25) is 5.91 Å².